The van der Waals surface area contributed by atoms with Crippen molar-refractivity contribution in [3.63, 3.8) is 0 Å². The number of aryl methyl sites for hydroxylation is 1. The van der Waals surface area contributed by atoms with E-state index in [1.165, 1.54) is 4.88 Å². The Kier molecular flexibility index (Phi) is 6.64. The van der Waals surface area contributed by atoms with E-state index in [1.807, 2.05) is 4.90 Å². The Morgan fingerprint density at radius 2 is 1.91 bits per heavy atom. The Balaban J connectivity index is 1.93. The monoisotopic (exact) mass is 499 g/mol. The first-order valence-corrected chi connectivity index (χ1v) is 12.7. The van der Waals surface area contributed by atoms with Gasteiger partial charge in [-0.15, -0.1) is 11.3 Å². The first-order chi connectivity index (χ1) is 15.6. The van der Waals surface area contributed by atoms with Crippen molar-refractivity contribution in [1.29, 1.82) is 5.26 Å². The molecule has 0 bridgehead atoms. The molecule has 0 spiro atoms. The first kappa shape index (κ1) is 23.9. The van der Waals surface area contributed by atoms with Gasteiger partial charge >= 0.3 is 0 Å². The zero-order chi connectivity index (χ0) is 23.9. The van der Waals surface area contributed by atoms with Gasteiger partial charge in [0.2, 0.25) is 0 Å². The van der Waals surface area contributed by atoms with Crippen molar-refractivity contribution in [2.24, 2.45) is 11.1 Å². The Bertz CT molecular complexity index is 1200. The summed E-state index contributed by atoms with van der Waals surface area (Å²) >= 11 is 14.3. The van der Waals surface area contributed by atoms with Crippen LogP contribution in [0.1, 0.15) is 62.1 Å². The highest BCUT2D eigenvalue weighted by Crippen LogP contribution is 2.51. The van der Waals surface area contributed by atoms with Gasteiger partial charge in [0.1, 0.15) is 5.82 Å². The molecule has 0 radical (unpaired) electrons. The topological polar surface area (TPSA) is 70.1 Å². The van der Waals surface area contributed by atoms with Crippen molar-refractivity contribution in [3.05, 3.63) is 72.8 Å². The lowest BCUT2D eigenvalue weighted by molar-refractivity contribution is -0.118. The summed E-state index contributed by atoms with van der Waals surface area (Å²) in [5.41, 5.74) is 9.00. The number of ketones is 1. The number of nitriles is 1. The largest absolute Gasteiger partial charge is 0.384 e. The normalized spacial score (nSPS) is 20.2. The minimum atomic E-state index is -0.445. The van der Waals surface area contributed by atoms with Gasteiger partial charge in [0.15, 0.2) is 5.78 Å². The van der Waals surface area contributed by atoms with E-state index in [0.717, 1.165) is 29.8 Å². The Labute approximate surface area is 209 Å². The van der Waals surface area contributed by atoms with Crippen molar-refractivity contribution in [2.45, 2.75) is 58.8 Å². The third-order valence-electron chi connectivity index (χ3n) is 6.23. The van der Waals surface area contributed by atoms with Gasteiger partial charge in [-0.3, -0.25) is 9.69 Å². The summed E-state index contributed by atoms with van der Waals surface area (Å²) in [6, 6.07) is 11.7. The molecular formula is C26H27Cl2N3OS. The second-order valence-electron chi connectivity index (χ2n) is 9.52. The molecule has 1 aliphatic carbocycles. The number of carbonyl (C=O) groups excluding carboxylic acids is 1. The average Bonchev–Trinajstić information content (AvgIpc) is 3.18. The van der Waals surface area contributed by atoms with Crippen LogP contribution in [-0.2, 0) is 11.2 Å². The molecule has 2 aromatic rings. The molecule has 1 aliphatic heterocycles. The first-order valence-electron chi connectivity index (χ1n) is 11.2. The number of anilines is 1. The maximum atomic E-state index is 13.6. The van der Waals surface area contributed by atoms with Crippen LogP contribution in [0, 0.1) is 16.7 Å². The smallest absolute Gasteiger partial charge is 0.162 e. The summed E-state index contributed by atoms with van der Waals surface area (Å²) in [5.74, 6) is -0.0541. The second kappa shape index (κ2) is 9.18. The molecule has 1 aromatic carbocycles. The highest BCUT2D eigenvalue weighted by atomic mass is 35.5. The van der Waals surface area contributed by atoms with Crippen LogP contribution in [0.2, 0.25) is 10.0 Å². The molecule has 0 fully saturated rings. The van der Waals surface area contributed by atoms with Gasteiger partial charge in [0.05, 0.1) is 23.2 Å². The standard InChI is InChI=1S/C26H27Cl2N3OS/c1-4-5-6-18-7-8-22(33-18)23-19(14-29)25(30)31(17-10-15(27)9-16(28)11-17)20-12-26(2,3)13-21(32)24(20)23/h7-11,23H,4-6,12-13,30H2,1-3H3. The fourth-order valence-electron chi connectivity index (χ4n) is 4.79. The summed E-state index contributed by atoms with van der Waals surface area (Å²) in [5, 5.41) is 11.1. The van der Waals surface area contributed by atoms with Crippen molar-refractivity contribution < 1.29 is 4.79 Å². The summed E-state index contributed by atoms with van der Waals surface area (Å²) in [6.45, 7) is 6.34. The SMILES string of the molecule is CCCCc1ccc(C2C(C#N)=C(N)N(c3cc(Cl)cc(Cl)c3)C3=C2C(=O)CC(C)(C)C3)s1. The Hall–Kier alpha value is -2.26. The van der Waals surface area contributed by atoms with Crippen molar-refractivity contribution in [2.75, 3.05) is 4.90 Å². The van der Waals surface area contributed by atoms with Crippen LogP contribution < -0.4 is 10.6 Å². The van der Waals surface area contributed by atoms with Gasteiger partial charge in [-0.2, -0.15) is 5.26 Å². The van der Waals surface area contributed by atoms with E-state index in [4.69, 9.17) is 28.9 Å². The number of hydrogen-bond donors (Lipinski definition) is 1. The number of allylic oxidation sites excluding steroid dienone is 3. The number of thiophene rings is 1. The van der Waals surface area contributed by atoms with Crippen LogP contribution in [0.15, 0.2) is 53.0 Å². The number of carbonyl (C=O) groups is 1. The molecule has 0 amide bonds. The van der Waals surface area contributed by atoms with Crippen molar-refractivity contribution in [1.82, 2.24) is 0 Å². The van der Waals surface area contributed by atoms with Crippen LogP contribution in [0.3, 0.4) is 0 Å². The van der Waals surface area contributed by atoms with Gasteiger partial charge in [-0.25, -0.2) is 0 Å². The van der Waals surface area contributed by atoms with E-state index in [1.54, 1.807) is 29.5 Å². The lowest BCUT2D eigenvalue weighted by Gasteiger charge is -2.43. The zero-order valence-electron chi connectivity index (χ0n) is 19.0. The summed E-state index contributed by atoms with van der Waals surface area (Å²) in [7, 11) is 0. The number of Topliss-reactive ketones (excluding diaryl/α,β-unsaturated/α-hetero) is 1. The van der Waals surface area contributed by atoms with Gasteiger partial charge < -0.3 is 5.73 Å². The molecule has 0 saturated heterocycles. The average molecular weight is 500 g/mol. The summed E-state index contributed by atoms with van der Waals surface area (Å²) < 4.78 is 0. The number of hydrogen-bond acceptors (Lipinski definition) is 5. The van der Waals surface area contributed by atoms with Gasteiger partial charge in [-0.05, 0) is 55.0 Å². The van der Waals surface area contributed by atoms with Crippen LogP contribution in [0.5, 0.6) is 0 Å². The quantitative estimate of drug-likeness (QED) is 0.466. The summed E-state index contributed by atoms with van der Waals surface area (Å²) in [6.07, 6.45) is 4.31. The third-order valence-corrected chi connectivity index (χ3v) is 7.88. The van der Waals surface area contributed by atoms with Crippen molar-refractivity contribution in [3.8, 4) is 6.07 Å². The summed E-state index contributed by atoms with van der Waals surface area (Å²) in [4.78, 5) is 17.6. The van der Waals surface area contributed by atoms with Crippen LogP contribution in [0.4, 0.5) is 5.69 Å². The molecule has 0 saturated carbocycles. The lowest BCUT2D eigenvalue weighted by Crippen LogP contribution is -2.42. The Morgan fingerprint density at radius 3 is 2.55 bits per heavy atom. The van der Waals surface area contributed by atoms with Crippen molar-refractivity contribution >= 4 is 46.0 Å². The molecule has 33 heavy (non-hydrogen) atoms. The molecule has 1 unspecified atom stereocenters. The van der Waals surface area contributed by atoms with E-state index in [0.29, 0.717) is 45.5 Å². The highest BCUT2D eigenvalue weighted by Gasteiger charge is 2.45. The number of nitrogens with zero attached hydrogens (tertiary/aromatic N) is 2. The Morgan fingerprint density at radius 1 is 1.21 bits per heavy atom. The second-order valence-corrected chi connectivity index (χ2v) is 11.6. The molecule has 1 atom stereocenters. The molecular weight excluding hydrogens is 473 g/mol. The van der Waals surface area contributed by atoms with E-state index < -0.39 is 5.92 Å². The van der Waals surface area contributed by atoms with E-state index in [2.05, 4.69) is 39.0 Å². The molecule has 1 aromatic heterocycles. The molecule has 4 rings (SSSR count). The molecule has 2 N–H and O–H groups in total. The predicted molar refractivity (Wildman–Crippen MR) is 136 cm³/mol. The minimum Gasteiger partial charge on any atom is -0.384 e. The predicted octanol–water partition coefficient (Wildman–Crippen LogP) is 7.34. The minimum absolute atomic E-state index is 0.0631. The van der Waals surface area contributed by atoms with Crippen LogP contribution in [-0.4, -0.2) is 5.78 Å². The molecule has 172 valence electrons. The number of benzene rings is 1. The maximum Gasteiger partial charge on any atom is 0.162 e. The number of rotatable bonds is 5. The lowest BCUT2D eigenvalue weighted by atomic mass is 9.69. The number of nitrogens with two attached hydrogens (primary N) is 1. The molecule has 7 heteroatoms. The van der Waals surface area contributed by atoms with E-state index in [9.17, 15) is 10.1 Å². The fourth-order valence-corrected chi connectivity index (χ4v) is 6.48. The number of unbranched alkanes of at least 4 members (excludes halogenated alkanes) is 1. The molecule has 2 heterocycles. The van der Waals surface area contributed by atoms with E-state index >= 15 is 0 Å². The van der Waals surface area contributed by atoms with Gasteiger partial charge in [0.25, 0.3) is 0 Å². The van der Waals surface area contributed by atoms with Crippen LogP contribution >= 0.6 is 34.5 Å². The highest BCUT2D eigenvalue weighted by molar-refractivity contribution is 7.12. The van der Waals surface area contributed by atoms with Crippen LogP contribution in [0.25, 0.3) is 0 Å². The zero-order valence-corrected chi connectivity index (χ0v) is 21.4. The molecule has 4 nitrogen and oxygen atoms in total. The maximum absolute atomic E-state index is 13.6. The van der Waals surface area contributed by atoms with Gasteiger partial charge in [-0.1, -0.05) is 50.4 Å². The molecule has 2 aliphatic rings. The van der Waals surface area contributed by atoms with E-state index in [-0.39, 0.29) is 11.2 Å². The number of halogens is 2. The van der Waals surface area contributed by atoms with Gasteiger partial charge in [0, 0.05) is 37.5 Å². The third kappa shape index (κ3) is 4.57. The fraction of sp³-hybridized carbons (Fsp3) is 0.385.